The van der Waals surface area contributed by atoms with Crippen LogP contribution in [-0.4, -0.2) is 52.3 Å². The largest absolute Gasteiger partial charge is 0.507 e. The Kier molecular flexibility index (Phi) is 6.08. The second-order valence-electron chi connectivity index (χ2n) is 7.92. The van der Waals surface area contributed by atoms with E-state index in [4.69, 9.17) is 9.26 Å². The van der Waals surface area contributed by atoms with E-state index >= 15 is 0 Å². The molecule has 31 heavy (non-hydrogen) atoms. The molecule has 0 unspecified atom stereocenters. The summed E-state index contributed by atoms with van der Waals surface area (Å²) >= 11 is 0. The van der Waals surface area contributed by atoms with Gasteiger partial charge in [-0.15, -0.1) is 0 Å². The van der Waals surface area contributed by atoms with Crippen molar-refractivity contribution in [2.45, 2.75) is 32.1 Å². The summed E-state index contributed by atoms with van der Waals surface area (Å²) < 4.78 is 24.2. The van der Waals surface area contributed by atoms with E-state index in [-0.39, 0.29) is 34.4 Å². The molecule has 2 aromatic carbocycles. The number of nitrogens with zero attached hydrogens (tertiary/aromatic N) is 2. The van der Waals surface area contributed by atoms with E-state index in [1.54, 1.807) is 6.07 Å². The third kappa shape index (κ3) is 4.64. The van der Waals surface area contributed by atoms with Crippen LogP contribution in [0.3, 0.4) is 0 Å². The maximum Gasteiger partial charge on any atom is 0.170 e. The first-order valence-corrected chi connectivity index (χ1v) is 10.4. The van der Waals surface area contributed by atoms with Gasteiger partial charge in [-0.2, -0.15) is 0 Å². The van der Waals surface area contributed by atoms with Gasteiger partial charge >= 0.3 is 0 Å². The molecule has 2 N–H and O–H groups in total. The highest BCUT2D eigenvalue weighted by Gasteiger charge is 2.25. The second kappa shape index (κ2) is 8.93. The zero-order chi connectivity index (χ0) is 22.0. The molecule has 4 rings (SSSR count). The maximum absolute atomic E-state index is 13.3. The van der Waals surface area contributed by atoms with Crippen molar-refractivity contribution < 1.29 is 28.7 Å². The summed E-state index contributed by atoms with van der Waals surface area (Å²) in [7, 11) is 0. The summed E-state index contributed by atoms with van der Waals surface area (Å²) in [5.41, 5.74) is 1.46. The molecule has 2 heterocycles. The fourth-order valence-corrected chi connectivity index (χ4v) is 4.08. The number of ether oxygens (including phenoxy) is 1. The number of halogens is 1. The monoisotopic (exact) mass is 428 g/mol. The molecule has 1 fully saturated rings. The lowest BCUT2D eigenvalue weighted by molar-refractivity contribution is 0.101. The van der Waals surface area contributed by atoms with E-state index < -0.39 is 0 Å². The van der Waals surface area contributed by atoms with E-state index in [0.717, 1.165) is 50.0 Å². The molecule has 0 radical (unpaired) electrons. The van der Waals surface area contributed by atoms with Crippen molar-refractivity contribution in [3.63, 3.8) is 0 Å². The number of likely N-dealkylation sites (tertiary alicyclic amines) is 1. The molecule has 164 valence electrons. The maximum atomic E-state index is 13.3. The van der Waals surface area contributed by atoms with Gasteiger partial charge in [-0.3, -0.25) is 4.79 Å². The molecule has 3 aromatic rings. The lowest BCUT2D eigenvalue weighted by atomic mass is 9.91. The molecule has 0 bridgehead atoms. The number of piperidine rings is 1. The normalized spacial score (nSPS) is 15.4. The van der Waals surface area contributed by atoms with Crippen LogP contribution in [0.5, 0.6) is 17.2 Å². The average Bonchev–Trinajstić information content (AvgIpc) is 3.16. The number of ketones is 1. The van der Waals surface area contributed by atoms with Crippen molar-refractivity contribution in [2.75, 3.05) is 26.2 Å². The number of phenols is 2. The summed E-state index contributed by atoms with van der Waals surface area (Å²) in [4.78, 5) is 13.7. The number of fused-ring (bicyclic) bond motifs is 1. The molecular formula is C23H25FN2O5. The summed E-state index contributed by atoms with van der Waals surface area (Å²) in [5, 5.41) is 24.9. The second-order valence-corrected chi connectivity index (χ2v) is 7.92. The number of hydrogen-bond acceptors (Lipinski definition) is 7. The SMILES string of the molecule is CC(=O)c1cc(O)c(OCCCN2CCC(c3noc4cc(F)ccc34)CC2)cc1O. The highest BCUT2D eigenvalue weighted by molar-refractivity contribution is 5.97. The van der Waals surface area contributed by atoms with Gasteiger partial charge < -0.3 is 24.4 Å². The van der Waals surface area contributed by atoms with Gasteiger partial charge in [-0.1, -0.05) is 5.16 Å². The Bertz CT molecular complexity index is 1090. The van der Waals surface area contributed by atoms with Crippen molar-refractivity contribution in [1.82, 2.24) is 10.1 Å². The first-order valence-electron chi connectivity index (χ1n) is 10.4. The van der Waals surface area contributed by atoms with Gasteiger partial charge in [0.05, 0.1) is 17.9 Å². The van der Waals surface area contributed by atoms with Crippen LogP contribution in [-0.2, 0) is 0 Å². The molecule has 1 aliphatic heterocycles. The zero-order valence-corrected chi connectivity index (χ0v) is 17.3. The summed E-state index contributed by atoms with van der Waals surface area (Å²) in [6, 6.07) is 7.03. The van der Waals surface area contributed by atoms with Gasteiger partial charge in [0.15, 0.2) is 22.9 Å². The smallest absolute Gasteiger partial charge is 0.170 e. The molecule has 0 saturated carbocycles. The van der Waals surface area contributed by atoms with Crippen molar-refractivity contribution >= 4 is 16.8 Å². The number of carbonyl (C=O) groups excluding carboxylic acids is 1. The van der Waals surface area contributed by atoms with E-state index in [1.165, 1.54) is 31.2 Å². The van der Waals surface area contributed by atoms with Crippen molar-refractivity contribution in [3.8, 4) is 17.2 Å². The van der Waals surface area contributed by atoms with Crippen molar-refractivity contribution in [2.24, 2.45) is 0 Å². The molecular weight excluding hydrogens is 403 g/mol. The number of aromatic hydroxyl groups is 2. The number of hydrogen-bond donors (Lipinski definition) is 2. The van der Waals surface area contributed by atoms with Crippen molar-refractivity contribution in [1.29, 1.82) is 0 Å². The van der Waals surface area contributed by atoms with Crippen LogP contribution < -0.4 is 4.74 Å². The predicted octanol–water partition coefficient (Wildman–Crippen LogP) is 4.23. The van der Waals surface area contributed by atoms with Crippen LogP contribution in [0.15, 0.2) is 34.9 Å². The molecule has 0 spiro atoms. The van der Waals surface area contributed by atoms with Crippen LogP contribution in [0, 0.1) is 5.82 Å². The number of carbonyl (C=O) groups is 1. The van der Waals surface area contributed by atoms with Gasteiger partial charge in [0.2, 0.25) is 0 Å². The molecule has 1 saturated heterocycles. The quantitative estimate of drug-likeness (QED) is 0.330. The van der Waals surface area contributed by atoms with Gasteiger partial charge in [-0.05, 0) is 57.5 Å². The average molecular weight is 428 g/mol. The lowest BCUT2D eigenvalue weighted by Crippen LogP contribution is -2.34. The number of aromatic nitrogens is 1. The van der Waals surface area contributed by atoms with Crippen LogP contribution in [0.25, 0.3) is 11.0 Å². The van der Waals surface area contributed by atoms with Crippen LogP contribution in [0.4, 0.5) is 4.39 Å². The fourth-order valence-electron chi connectivity index (χ4n) is 4.08. The summed E-state index contributed by atoms with van der Waals surface area (Å²) in [5.74, 6) is -0.567. The standard InChI is InChI=1S/C23H25FN2O5/c1-14(27)18-12-20(29)22(13-19(18)28)30-10-2-7-26-8-5-15(6-9-26)23-17-4-3-16(24)11-21(17)31-25-23/h3-4,11-13,15,28-29H,2,5-10H2,1H3. The predicted molar refractivity (Wildman–Crippen MR) is 112 cm³/mol. The number of phenolic OH excluding ortho intramolecular Hbond substituents is 2. The molecule has 7 nitrogen and oxygen atoms in total. The third-order valence-corrected chi connectivity index (χ3v) is 5.77. The minimum absolute atomic E-state index is 0.0674. The number of Topliss-reactive ketones (excluding diaryl/α,β-unsaturated/α-hetero) is 1. The molecule has 0 amide bonds. The Balaban J connectivity index is 1.25. The van der Waals surface area contributed by atoms with Crippen LogP contribution in [0.2, 0.25) is 0 Å². The van der Waals surface area contributed by atoms with Crippen LogP contribution >= 0.6 is 0 Å². The number of benzene rings is 2. The first kappa shape index (κ1) is 21.1. The van der Waals surface area contributed by atoms with E-state index in [1.807, 2.05) is 0 Å². The van der Waals surface area contributed by atoms with E-state index in [9.17, 15) is 19.4 Å². The molecule has 8 heteroatoms. The Morgan fingerprint density at radius 1 is 1.23 bits per heavy atom. The molecule has 0 atom stereocenters. The van der Waals surface area contributed by atoms with Crippen LogP contribution in [0.1, 0.15) is 48.2 Å². The van der Waals surface area contributed by atoms with E-state index in [0.29, 0.717) is 18.1 Å². The Morgan fingerprint density at radius 2 is 2.00 bits per heavy atom. The molecule has 0 aliphatic carbocycles. The third-order valence-electron chi connectivity index (χ3n) is 5.77. The Morgan fingerprint density at radius 3 is 2.74 bits per heavy atom. The Labute approximate surface area is 179 Å². The number of rotatable bonds is 7. The molecule has 1 aliphatic rings. The fraction of sp³-hybridized carbons (Fsp3) is 0.391. The minimum atomic E-state index is -0.328. The van der Waals surface area contributed by atoms with Gasteiger partial charge in [0, 0.05) is 30.0 Å². The Hall–Kier alpha value is -3.13. The van der Waals surface area contributed by atoms with Gasteiger partial charge in [0.1, 0.15) is 11.6 Å². The molecule has 1 aromatic heterocycles. The summed E-state index contributed by atoms with van der Waals surface area (Å²) in [6.07, 6.45) is 2.65. The minimum Gasteiger partial charge on any atom is -0.507 e. The van der Waals surface area contributed by atoms with Gasteiger partial charge in [-0.25, -0.2) is 4.39 Å². The highest BCUT2D eigenvalue weighted by atomic mass is 19.1. The van der Waals surface area contributed by atoms with Gasteiger partial charge in [0.25, 0.3) is 0 Å². The lowest BCUT2D eigenvalue weighted by Gasteiger charge is -2.31. The zero-order valence-electron chi connectivity index (χ0n) is 17.3. The topological polar surface area (TPSA) is 96.0 Å². The first-order chi connectivity index (χ1) is 14.9. The van der Waals surface area contributed by atoms with Crippen molar-refractivity contribution in [3.05, 3.63) is 47.4 Å². The highest BCUT2D eigenvalue weighted by Crippen LogP contribution is 2.34. The summed E-state index contributed by atoms with van der Waals surface area (Å²) in [6.45, 7) is 4.38. The van der Waals surface area contributed by atoms with E-state index in [2.05, 4.69) is 10.1 Å².